The lowest BCUT2D eigenvalue weighted by Gasteiger charge is -2.35. The lowest BCUT2D eigenvalue weighted by Crippen LogP contribution is -2.48. The molecule has 0 amide bonds. The Morgan fingerprint density at radius 2 is 1.61 bits per heavy atom. The second kappa shape index (κ2) is 6.85. The molecule has 0 aromatic rings. The van der Waals surface area contributed by atoms with Crippen LogP contribution >= 0.6 is 0 Å². The van der Waals surface area contributed by atoms with Gasteiger partial charge in [-0.05, 0) is 6.54 Å². The first kappa shape index (κ1) is 15.9. The molecule has 1 saturated heterocycles. The van der Waals surface area contributed by atoms with Crippen molar-refractivity contribution < 1.29 is 4.74 Å². The summed E-state index contributed by atoms with van der Waals surface area (Å²) in [7, 11) is 0. The van der Waals surface area contributed by atoms with Crippen molar-refractivity contribution in [3.8, 4) is 0 Å². The Balaban J connectivity index is 2.26. The van der Waals surface area contributed by atoms with Gasteiger partial charge >= 0.3 is 0 Å². The van der Waals surface area contributed by atoms with Crippen molar-refractivity contribution in [2.24, 2.45) is 16.6 Å². The third-order valence-corrected chi connectivity index (χ3v) is 3.40. The van der Waals surface area contributed by atoms with Crippen molar-refractivity contribution in [2.45, 2.75) is 27.7 Å². The van der Waals surface area contributed by atoms with E-state index in [1.165, 1.54) is 0 Å². The van der Waals surface area contributed by atoms with Crippen LogP contribution in [0.1, 0.15) is 27.7 Å². The van der Waals surface area contributed by atoms with Crippen LogP contribution in [0.3, 0.4) is 0 Å². The molecule has 1 aliphatic rings. The molecule has 4 heteroatoms. The van der Waals surface area contributed by atoms with Crippen LogP contribution < -0.4 is 11.1 Å². The van der Waals surface area contributed by atoms with Crippen LogP contribution in [0.15, 0.2) is 0 Å². The number of ether oxygens (including phenoxy) is 1. The maximum atomic E-state index is 5.87. The maximum Gasteiger partial charge on any atom is 0.0529 e. The molecule has 3 N–H and O–H groups in total. The standard InChI is InChI=1S/C14H31N3O/c1-13(2,9-15)11-18-12-14(3,4)10-17-7-5-16-6-8-17/h16H,5-12,15H2,1-4H3. The van der Waals surface area contributed by atoms with Gasteiger partial charge in [0.1, 0.15) is 0 Å². The molecule has 108 valence electrons. The third kappa shape index (κ3) is 6.14. The van der Waals surface area contributed by atoms with Crippen molar-refractivity contribution in [1.82, 2.24) is 10.2 Å². The van der Waals surface area contributed by atoms with Crippen LogP contribution in [0.2, 0.25) is 0 Å². The molecule has 1 fully saturated rings. The van der Waals surface area contributed by atoms with Crippen molar-refractivity contribution in [1.29, 1.82) is 0 Å². The molecule has 0 aromatic carbocycles. The summed E-state index contributed by atoms with van der Waals surface area (Å²) in [5, 5.41) is 3.38. The first-order valence-electron chi connectivity index (χ1n) is 7.06. The zero-order chi connectivity index (χ0) is 13.6. The van der Waals surface area contributed by atoms with Gasteiger partial charge in [-0.25, -0.2) is 0 Å². The summed E-state index contributed by atoms with van der Waals surface area (Å²) in [4.78, 5) is 2.52. The molecule has 0 aromatic heterocycles. The topological polar surface area (TPSA) is 50.5 Å². The maximum absolute atomic E-state index is 5.87. The molecule has 4 nitrogen and oxygen atoms in total. The lowest BCUT2D eigenvalue weighted by atomic mass is 9.92. The fourth-order valence-electron chi connectivity index (χ4n) is 2.18. The number of rotatable bonds is 7. The van der Waals surface area contributed by atoms with Gasteiger partial charge in [0.05, 0.1) is 13.2 Å². The molecular formula is C14H31N3O. The molecule has 0 spiro atoms. The third-order valence-electron chi connectivity index (χ3n) is 3.40. The van der Waals surface area contributed by atoms with Crippen LogP contribution in [-0.2, 0) is 4.74 Å². The fraction of sp³-hybridized carbons (Fsp3) is 1.00. The number of nitrogens with zero attached hydrogens (tertiary/aromatic N) is 1. The van der Waals surface area contributed by atoms with E-state index in [1.54, 1.807) is 0 Å². The van der Waals surface area contributed by atoms with E-state index >= 15 is 0 Å². The van der Waals surface area contributed by atoms with E-state index in [9.17, 15) is 0 Å². The van der Waals surface area contributed by atoms with Crippen LogP contribution in [-0.4, -0.2) is 57.4 Å². The molecule has 0 bridgehead atoms. The Morgan fingerprint density at radius 3 is 2.17 bits per heavy atom. The number of piperazine rings is 1. The molecule has 0 radical (unpaired) electrons. The van der Waals surface area contributed by atoms with Gasteiger partial charge in [-0.2, -0.15) is 0 Å². The predicted octanol–water partition coefficient (Wildman–Crippen LogP) is 0.919. The summed E-state index contributed by atoms with van der Waals surface area (Å²) in [5.74, 6) is 0. The minimum absolute atomic E-state index is 0.0884. The summed E-state index contributed by atoms with van der Waals surface area (Å²) >= 11 is 0. The van der Waals surface area contributed by atoms with Gasteiger partial charge in [-0.3, -0.25) is 0 Å². The summed E-state index contributed by atoms with van der Waals surface area (Å²) in [5.41, 5.74) is 6.01. The Bertz CT molecular complexity index is 235. The van der Waals surface area contributed by atoms with Crippen LogP contribution in [0.5, 0.6) is 0 Å². The normalized spacial score (nSPS) is 19.2. The van der Waals surface area contributed by atoms with Crippen molar-refractivity contribution >= 4 is 0 Å². The van der Waals surface area contributed by atoms with Gasteiger partial charge in [-0.1, -0.05) is 27.7 Å². The van der Waals surface area contributed by atoms with Gasteiger partial charge in [0.2, 0.25) is 0 Å². The smallest absolute Gasteiger partial charge is 0.0529 e. The predicted molar refractivity (Wildman–Crippen MR) is 76.7 cm³/mol. The summed E-state index contributed by atoms with van der Waals surface area (Å²) in [6.45, 7) is 16.7. The van der Waals surface area contributed by atoms with E-state index in [2.05, 4.69) is 37.9 Å². The number of hydrogen-bond acceptors (Lipinski definition) is 4. The highest BCUT2D eigenvalue weighted by Crippen LogP contribution is 2.20. The fourth-order valence-corrected chi connectivity index (χ4v) is 2.18. The largest absolute Gasteiger partial charge is 0.380 e. The van der Waals surface area contributed by atoms with Crippen LogP contribution in [0, 0.1) is 10.8 Å². The first-order valence-corrected chi connectivity index (χ1v) is 7.06. The van der Waals surface area contributed by atoms with E-state index in [4.69, 9.17) is 10.5 Å². The molecule has 1 aliphatic heterocycles. The van der Waals surface area contributed by atoms with E-state index in [1.807, 2.05) is 0 Å². The monoisotopic (exact) mass is 257 g/mol. The zero-order valence-corrected chi connectivity index (χ0v) is 12.6. The quantitative estimate of drug-likeness (QED) is 0.712. The van der Waals surface area contributed by atoms with Gasteiger partial charge in [0.15, 0.2) is 0 Å². The van der Waals surface area contributed by atoms with Gasteiger partial charge in [-0.15, -0.1) is 0 Å². The molecule has 0 aliphatic carbocycles. The number of hydrogen-bond donors (Lipinski definition) is 2. The average Bonchev–Trinajstić information content (AvgIpc) is 2.29. The average molecular weight is 257 g/mol. The molecule has 0 atom stereocenters. The Hall–Kier alpha value is -0.160. The summed E-state index contributed by atoms with van der Waals surface area (Å²) in [6, 6.07) is 0. The molecular weight excluding hydrogens is 226 g/mol. The SMILES string of the molecule is CC(C)(CN)COCC(C)(C)CN1CCNCC1. The Labute approximate surface area is 112 Å². The molecule has 0 unspecified atom stereocenters. The highest BCUT2D eigenvalue weighted by molar-refractivity contribution is 4.77. The molecule has 18 heavy (non-hydrogen) atoms. The van der Waals surface area contributed by atoms with Gasteiger partial charge in [0.25, 0.3) is 0 Å². The molecule has 1 rings (SSSR count). The Kier molecular flexibility index (Phi) is 6.05. The Morgan fingerprint density at radius 1 is 1.06 bits per heavy atom. The minimum Gasteiger partial charge on any atom is -0.380 e. The zero-order valence-electron chi connectivity index (χ0n) is 12.6. The minimum atomic E-state index is 0.0884. The number of nitrogens with one attached hydrogen (secondary N) is 1. The second-order valence-corrected chi connectivity index (χ2v) is 7.05. The second-order valence-electron chi connectivity index (χ2n) is 7.05. The first-order chi connectivity index (χ1) is 8.35. The van der Waals surface area contributed by atoms with E-state index in [-0.39, 0.29) is 10.8 Å². The van der Waals surface area contributed by atoms with E-state index < -0.39 is 0 Å². The van der Waals surface area contributed by atoms with Gasteiger partial charge < -0.3 is 20.7 Å². The number of nitrogens with two attached hydrogens (primary N) is 1. The van der Waals surface area contributed by atoms with E-state index in [0.717, 1.165) is 45.9 Å². The van der Waals surface area contributed by atoms with Gasteiger partial charge in [0, 0.05) is 43.6 Å². The lowest BCUT2D eigenvalue weighted by molar-refractivity contribution is 0.00328. The van der Waals surface area contributed by atoms with Crippen molar-refractivity contribution in [2.75, 3.05) is 52.5 Å². The highest BCUT2D eigenvalue weighted by Gasteiger charge is 2.24. The summed E-state index contributed by atoms with van der Waals surface area (Å²) in [6.07, 6.45) is 0. The van der Waals surface area contributed by atoms with Crippen LogP contribution in [0.4, 0.5) is 0 Å². The van der Waals surface area contributed by atoms with Crippen molar-refractivity contribution in [3.05, 3.63) is 0 Å². The van der Waals surface area contributed by atoms with Crippen molar-refractivity contribution in [3.63, 3.8) is 0 Å². The molecule has 0 saturated carbocycles. The van der Waals surface area contributed by atoms with Crippen LogP contribution in [0.25, 0.3) is 0 Å². The highest BCUT2D eigenvalue weighted by atomic mass is 16.5. The molecule has 1 heterocycles. The summed E-state index contributed by atoms with van der Waals surface area (Å²) < 4.78 is 5.87. The van der Waals surface area contributed by atoms with E-state index in [0.29, 0.717) is 6.54 Å².